The van der Waals surface area contributed by atoms with Crippen LogP contribution in [-0.4, -0.2) is 51.6 Å². The van der Waals surface area contributed by atoms with Crippen LogP contribution >= 0.6 is 11.8 Å². The summed E-state index contributed by atoms with van der Waals surface area (Å²) in [4.78, 5) is 12.8. The monoisotopic (exact) mass is 476 g/mol. The molecule has 32 heavy (non-hydrogen) atoms. The van der Waals surface area contributed by atoms with Crippen molar-refractivity contribution in [3.05, 3.63) is 48.5 Å². The number of rotatable bonds is 9. The van der Waals surface area contributed by atoms with Crippen LogP contribution < -0.4 is 19.1 Å². The first-order valence-corrected chi connectivity index (χ1v) is 13.4. The number of amides is 1. The van der Waals surface area contributed by atoms with Crippen molar-refractivity contribution in [3.63, 3.8) is 0 Å². The molecule has 0 saturated heterocycles. The van der Waals surface area contributed by atoms with Crippen LogP contribution in [0.3, 0.4) is 0 Å². The van der Waals surface area contributed by atoms with Gasteiger partial charge in [-0.05, 0) is 37.1 Å². The molecule has 2 aromatic rings. The minimum Gasteiger partial charge on any atom is -0.486 e. The van der Waals surface area contributed by atoms with Crippen LogP contribution in [0.5, 0.6) is 11.5 Å². The van der Waals surface area contributed by atoms with Crippen LogP contribution in [0.15, 0.2) is 53.4 Å². The van der Waals surface area contributed by atoms with Gasteiger partial charge in [0.1, 0.15) is 19.8 Å². The van der Waals surface area contributed by atoms with Gasteiger partial charge < -0.3 is 14.8 Å². The van der Waals surface area contributed by atoms with Crippen LogP contribution in [-0.2, 0) is 14.8 Å². The van der Waals surface area contributed by atoms with Crippen LogP contribution in [0, 0.1) is 0 Å². The molecule has 1 fully saturated rings. The molecule has 2 aliphatic rings. The summed E-state index contributed by atoms with van der Waals surface area (Å²) in [6, 6.07) is 13.0. The zero-order chi connectivity index (χ0) is 22.4. The minimum atomic E-state index is -3.95. The highest BCUT2D eigenvalue weighted by atomic mass is 32.2. The number of thioether (sulfide) groups is 1. The van der Waals surface area contributed by atoms with E-state index in [4.69, 9.17) is 9.47 Å². The molecule has 0 radical (unpaired) electrons. The number of carbonyl (C=O) groups excluding carboxylic acids is 1. The van der Waals surface area contributed by atoms with E-state index in [1.54, 1.807) is 36.4 Å². The SMILES string of the molecule is O=C(CN(c1ccc2c(c1)OCCO2)S(=O)(=O)c1ccccc1)NCCSC1CCCC1. The summed E-state index contributed by atoms with van der Waals surface area (Å²) in [6.45, 7) is 1.03. The highest BCUT2D eigenvalue weighted by molar-refractivity contribution is 7.99. The van der Waals surface area contributed by atoms with E-state index in [1.807, 2.05) is 11.8 Å². The number of sulfonamides is 1. The van der Waals surface area contributed by atoms with Crippen molar-refractivity contribution in [1.29, 1.82) is 0 Å². The molecule has 1 amide bonds. The number of anilines is 1. The van der Waals surface area contributed by atoms with E-state index < -0.39 is 10.0 Å². The number of nitrogens with one attached hydrogen (secondary N) is 1. The van der Waals surface area contributed by atoms with E-state index in [0.717, 1.165) is 10.1 Å². The Hall–Kier alpha value is -2.39. The predicted octanol–water partition coefficient (Wildman–Crippen LogP) is 3.45. The second kappa shape index (κ2) is 10.5. The van der Waals surface area contributed by atoms with Crippen molar-refractivity contribution in [2.45, 2.75) is 35.8 Å². The summed E-state index contributed by atoms with van der Waals surface area (Å²) >= 11 is 1.88. The molecule has 1 aliphatic heterocycles. The Morgan fingerprint density at radius 3 is 2.50 bits per heavy atom. The van der Waals surface area contributed by atoms with E-state index in [0.29, 0.717) is 42.2 Å². The maximum absolute atomic E-state index is 13.4. The summed E-state index contributed by atoms with van der Waals surface area (Å²) in [6.07, 6.45) is 5.05. The van der Waals surface area contributed by atoms with Crippen LogP contribution in [0.1, 0.15) is 25.7 Å². The topological polar surface area (TPSA) is 84.9 Å². The first-order chi connectivity index (χ1) is 15.5. The summed E-state index contributed by atoms with van der Waals surface area (Å²) in [5.41, 5.74) is 0.355. The summed E-state index contributed by atoms with van der Waals surface area (Å²) in [7, 11) is -3.95. The fraction of sp³-hybridized carbons (Fsp3) is 0.435. The highest BCUT2D eigenvalue weighted by Gasteiger charge is 2.28. The Morgan fingerprint density at radius 2 is 1.75 bits per heavy atom. The van der Waals surface area contributed by atoms with Crippen molar-refractivity contribution < 1.29 is 22.7 Å². The van der Waals surface area contributed by atoms with Gasteiger partial charge in [-0.25, -0.2) is 8.42 Å². The van der Waals surface area contributed by atoms with Gasteiger partial charge in [0, 0.05) is 23.6 Å². The number of nitrogens with zero attached hydrogens (tertiary/aromatic N) is 1. The molecule has 0 aromatic heterocycles. The van der Waals surface area contributed by atoms with Crippen LogP contribution in [0.2, 0.25) is 0 Å². The van der Waals surface area contributed by atoms with Crippen molar-refractivity contribution in [2.75, 3.05) is 36.4 Å². The maximum Gasteiger partial charge on any atom is 0.264 e. The molecule has 1 saturated carbocycles. The Morgan fingerprint density at radius 1 is 1.03 bits per heavy atom. The van der Waals surface area contributed by atoms with Crippen LogP contribution in [0.4, 0.5) is 5.69 Å². The molecule has 0 unspecified atom stereocenters. The largest absolute Gasteiger partial charge is 0.486 e. The van der Waals surface area contributed by atoms with E-state index in [1.165, 1.54) is 37.8 Å². The smallest absolute Gasteiger partial charge is 0.264 e. The number of carbonyl (C=O) groups is 1. The molecule has 7 nitrogen and oxygen atoms in total. The third-order valence-corrected chi connectivity index (χ3v) is 8.68. The lowest BCUT2D eigenvalue weighted by Gasteiger charge is -2.26. The summed E-state index contributed by atoms with van der Waals surface area (Å²) in [5.74, 6) is 1.51. The highest BCUT2D eigenvalue weighted by Crippen LogP contribution is 2.35. The number of ether oxygens (including phenoxy) is 2. The van der Waals surface area contributed by atoms with Gasteiger partial charge in [0.2, 0.25) is 5.91 Å². The van der Waals surface area contributed by atoms with Crippen molar-refractivity contribution in [1.82, 2.24) is 5.32 Å². The predicted molar refractivity (Wildman–Crippen MR) is 126 cm³/mol. The molecule has 4 rings (SSSR count). The van der Waals surface area contributed by atoms with E-state index in [2.05, 4.69) is 5.32 Å². The van der Waals surface area contributed by atoms with E-state index >= 15 is 0 Å². The van der Waals surface area contributed by atoms with E-state index in [9.17, 15) is 13.2 Å². The Bertz CT molecular complexity index is 1020. The number of hydrogen-bond acceptors (Lipinski definition) is 6. The fourth-order valence-electron chi connectivity index (χ4n) is 3.88. The third-order valence-electron chi connectivity index (χ3n) is 5.51. The molecule has 1 heterocycles. The average molecular weight is 477 g/mol. The molecule has 0 spiro atoms. The first-order valence-electron chi connectivity index (χ1n) is 10.9. The lowest BCUT2D eigenvalue weighted by atomic mass is 10.2. The summed E-state index contributed by atoms with van der Waals surface area (Å²) < 4.78 is 39.1. The molecule has 9 heteroatoms. The number of benzene rings is 2. The lowest BCUT2D eigenvalue weighted by Crippen LogP contribution is -2.41. The average Bonchev–Trinajstić information content (AvgIpc) is 3.34. The fourth-order valence-corrected chi connectivity index (χ4v) is 6.53. The quantitative estimate of drug-likeness (QED) is 0.558. The third kappa shape index (κ3) is 5.50. The molecule has 0 atom stereocenters. The molecule has 1 N–H and O–H groups in total. The zero-order valence-electron chi connectivity index (χ0n) is 17.9. The van der Waals surface area contributed by atoms with Crippen molar-refractivity contribution in [3.8, 4) is 11.5 Å². The minimum absolute atomic E-state index is 0.125. The van der Waals surface area contributed by atoms with Gasteiger partial charge in [0.25, 0.3) is 10.0 Å². The first kappa shape index (κ1) is 22.8. The Balaban J connectivity index is 1.49. The second-order valence-electron chi connectivity index (χ2n) is 7.78. The standard InChI is InChI=1S/C23H28N2O5S2/c26-23(24-12-15-31-19-6-4-5-7-19)17-25(32(27,28)20-8-2-1-3-9-20)18-10-11-21-22(16-18)30-14-13-29-21/h1-3,8-11,16,19H,4-7,12-15,17H2,(H,24,26). The molecule has 2 aromatic carbocycles. The molecule has 172 valence electrons. The van der Waals surface area contributed by atoms with Crippen LogP contribution in [0.25, 0.3) is 0 Å². The zero-order valence-corrected chi connectivity index (χ0v) is 19.5. The van der Waals surface area contributed by atoms with Crippen molar-refractivity contribution in [2.24, 2.45) is 0 Å². The van der Waals surface area contributed by atoms with Gasteiger partial charge in [-0.2, -0.15) is 11.8 Å². The number of fused-ring (bicyclic) bond motifs is 1. The van der Waals surface area contributed by atoms with Gasteiger partial charge >= 0.3 is 0 Å². The molecule has 1 aliphatic carbocycles. The number of hydrogen-bond donors (Lipinski definition) is 1. The van der Waals surface area contributed by atoms with Gasteiger partial charge in [-0.3, -0.25) is 9.10 Å². The van der Waals surface area contributed by atoms with Gasteiger partial charge in [0.15, 0.2) is 11.5 Å². The molecular formula is C23H28N2O5S2. The maximum atomic E-state index is 13.4. The molecule has 0 bridgehead atoms. The molecular weight excluding hydrogens is 448 g/mol. The second-order valence-corrected chi connectivity index (χ2v) is 11.1. The van der Waals surface area contributed by atoms with Crippen molar-refractivity contribution >= 4 is 33.4 Å². The Labute approximate surface area is 193 Å². The Kier molecular flexibility index (Phi) is 7.47. The lowest BCUT2D eigenvalue weighted by molar-refractivity contribution is -0.119. The normalized spacial score (nSPS) is 16.0. The summed E-state index contributed by atoms with van der Waals surface area (Å²) in [5, 5.41) is 3.55. The van der Waals surface area contributed by atoms with E-state index in [-0.39, 0.29) is 17.3 Å². The van der Waals surface area contributed by atoms with Gasteiger partial charge in [-0.15, -0.1) is 0 Å². The van der Waals surface area contributed by atoms with Gasteiger partial charge in [0.05, 0.1) is 10.6 Å². The van der Waals surface area contributed by atoms with Gasteiger partial charge in [-0.1, -0.05) is 31.0 Å².